The number of nitrogens with one attached hydrogen (secondary N) is 1. The lowest BCUT2D eigenvalue weighted by molar-refractivity contribution is 0.0367. The van der Waals surface area contributed by atoms with Crippen molar-refractivity contribution < 1.29 is 9.53 Å². The highest BCUT2D eigenvalue weighted by atomic mass is 16.5. The number of urea groups is 1. The molecule has 2 saturated heterocycles. The molecule has 2 aliphatic heterocycles. The molecule has 138 valence electrons. The molecule has 0 radical (unpaired) electrons. The van der Waals surface area contributed by atoms with Crippen LogP contribution in [0.4, 0.5) is 4.79 Å². The van der Waals surface area contributed by atoms with Gasteiger partial charge in [-0.15, -0.1) is 0 Å². The van der Waals surface area contributed by atoms with Gasteiger partial charge in [0.25, 0.3) is 0 Å². The normalized spacial score (nSPS) is 31.2. The molecule has 3 heterocycles. The Morgan fingerprint density at radius 1 is 1.08 bits per heavy atom. The Labute approximate surface area is 149 Å². The maximum atomic E-state index is 12.8. The molecule has 2 amide bonds. The first kappa shape index (κ1) is 16.9. The van der Waals surface area contributed by atoms with Gasteiger partial charge < -0.3 is 15.0 Å². The van der Waals surface area contributed by atoms with Gasteiger partial charge in [0, 0.05) is 32.1 Å². The summed E-state index contributed by atoms with van der Waals surface area (Å²) in [4.78, 5) is 14.8. The van der Waals surface area contributed by atoms with E-state index < -0.39 is 0 Å². The minimum Gasteiger partial charge on any atom is -0.378 e. The Hall–Kier alpha value is -1.56. The topological polar surface area (TPSA) is 59.4 Å². The van der Waals surface area contributed by atoms with Crippen LogP contribution in [0.2, 0.25) is 0 Å². The van der Waals surface area contributed by atoms with Crippen LogP contribution in [-0.4, -0.2) is 52.6 Å². The minimum atomic E-state index is 0.106. The molecule has 0 bridgehead atoms. The summed E-state index contributed by atoms with van der Waals surface area (Å²) in [6, 6.07) is 2.55. The molecule has 6 nitrogen and oxygen atoms in total. The molecule has 0 unspecified atom stereocenters. The van der Waals surface area contributed by atoms with Crippen molar-refractivity contribution in [2.75, 3.05) is 19.7 Å². The molecule has 1 saturated carbocycles. The number of likely N-dealkylation sites (tertiary alicyclic amines) is 1. The predicted octanol–water partition coefficient (Wildman–Crippen LogP) is 2.97. The quantitative estimate of drug-likeness (QED) is 0.915. The average Bonchev–Trinajstić information content (AvgIpc) is 3.36. The summed E-state index contributed by atoms with van der Waals surface area (Å²) in [5.74, 6) is 0.637. The van der Waals surface area contributed by atoms with Crippen molar-refractivity contribution in [3.05, 3.63) is 18.5 Å². The molecule has 6 heteroatoms. The van der Waals surface area contributed by atoms with Crippen molar-refractivity contribution in [2.24, 2.45) is 5.92 Å². The van der Waals surface area contributed by atoms with Crippen LogP contribution < -0.4 is 5.32 Å². The van der Waals surface area contributed by atoms with Gasteiger partial charge in [-0.05, 0) is 50.5 Å². The van der Waals surface area contributed by atoms with E-state index in [1.54, 1.807) is 0 Å². The van der Waals surface area contributed by atoms with E-state index in [4.69, 9.17) is 4.74 Å². The lowest BCUT2D eigenvalue weighted by Gasteiger charge is -2.37. The second-order valence-electron chi connectivity index (χ2n) is 7.77. The van der Waals surface area contributed by atoms with Crippen LogP contribution in [0.5, 0.6) is 0 Å². The van der Waals surface area contributed by atoms with Crippen molar-refractivity contribution in [3.8, 4) is 0 Å². The summed E-state index contributed by atoms with van der Waals surface area (Å²) in [5, 5.41) is 7.71. The summed E-state index contributed by atoms with van der Waals surface area (Å²) in [6.07, 6.45) is 13.4. The Morgan fingerprint density at radius 2 is 1.92 bits per heavy atom. The number of carbonyl (C=O) groups excluding carboxylic acids is 1. The van der Waals surface area contributed by atoms with E-state index >= 15 is 0 Å². The van der Waals surface area contributed by atoms with Gasteiger partial charge >= 0.3 is 6.03 Å². The fraction of sp³-hybridized carbons (Fsp3) is 0.789. The van der Waals surface area contributed by atoms with E-state index in [2.05, 4.69) is 10.4 Å². The Bertz CT molecular complexity index is 548. The van der Waals surface area contributed by atoms with Crippen molar-refractivity contribution in [3.63, 3.8) is 0 Å². The third-order valence-electron chi connectivity index (χ3n) is 6.22. The Balaban J connectivity index is 1.30. The number of aromatic nitrogens is 2. The van der Waals surface area contributed by atoms with Crippen molar-refractivity contribution in [1.82, 2.24) is 20.0 Å². The zero-order chi connectivity index (χ0) is 17.1. The maximum absolute atomic E-state index is 12.8. The highest BCUT2D eigenvalue weighted by Gasteiger charge is 2.33. The molecule has 0 aromatic carbocycles. The molecule has 3 aliphatic rings. The van der Waals surface area contributed by atoms with Gasteiger partial charge in [0.2, 0.25) is 0 Å². The first-order valence-electron chi connectivity index (χ1n) is 9.97. The molecular weight excluding hydrogens is 316 g/mol. The molecule has 3 fully saturated rings. The number of hydrogen-bond acceptors (Lipinski definition) is 3. The fourth-order valence-corrected chi connectivity index (χ4v) is 4.77. The van der Waals surface area contributed by atoms with E-state index in [0.29, 0.717) is 12.0 Å². The predicted molar refractivity (Wildman–Crippen MR) is 95.3 cm³/mol. The van der Waals surface area contributed by atoms with Crippen molar-refractivity contribution in [1.29, 1.82) is 0 Å². The van der Waals surface area contributed by atoms with E-state index in [1.807, 2.05) is 28.0 Å². The van der Waals surface area contributed by atoms with Crippen LogP contribution in [0.1, 0.15) is 57.4 Å². The van der Waals surface area contributed by atoms with Crippen LogP contribution in [0.3, 0.4) is 0 Å². The summed E-state index contributed by atoms with van der Waals surface area (Å²) >= 11 is 0. The fourth-order valence-electron chi connectivity index (χ4n) is 4.77. The van der Waals surface area contributed by atoms with Gasteiger partial charge in [0.15, 0.2) is 0 Å². The lowest BCUT2D eigenvalue weighted by Crippen LogP contribution is -2.51. The van der Waals surface area contributed by atoms with Crippen LogP contribution in [0.25, 0.3) is 0 Å². The monoisotopic (exact) mass is 346 g/mol. The van der Waals surface area contributed by atoms with Gasteiger partial charge in [0.1, 0.15) is 0 Å². The van der Waals surface area contributed by atoms with Crippen LogP contribution in [0.15, 0.2) is 18.5 Å². The molecule has 0 spiro atoms. The second-order valence-corrected chi connectivity index (χ2v) is 7.77. The largest absolute Gasteiger partial charge is 0.378 e. The van der Waals surface area contributed by atoms with Crippen LogP contribution in [0, 0.1) is 5.92 Å². The number of carbonyl (C=O) groups is 1. The zero-order valence-electron chi connectivity index (χ0n) is 15.0. The molecule has 1 N–H and O–H groups in total. The highest BCUT2D eigenvalue weighted by molar-refractivity contribution is 5.74. The van der Waals surface area contributed by atoms with E-state index in [0.717, 1.165) is 45.4 Å². The third kappa shape index (κ3) is 3.84. The summed E-state index contributed by atoms with van der Waals surface area (Å²) in [5.41, 5.74) is 0. The third-order valence-corrected chi connectivity index (χ3v) is 6.22. The van der Waals surface area contributed by atoms with E-state index in [9.17, 15) is 4.79 Å². The summed E-state index contributed by atoms with van der Waals surface area (Å²) < 4.78 is 7.86. The van der Waals surface area contributed by atoms with Crippen molar-refractivity contribution >= 4 is 6.03 Å². The Morgan fingerprint density at radius 3 is 2.64 bits per heavy atom. The van der Waals surface area contributed by atoms with Gasteiger partial charge in [-0.25, -0.2) is 4.79 Å². The number of ether oxygens (including phenoxy) is 1. The molecule has 1 aromatic rings. The van der Waals surface area contributed by atoms with Gasteiger partial charge in [-0.2, -0.15) is 5.10 Å². The molecule has 25 heavy (non-hydrogen) atoms. The average molecular weight is 346 g/mol. The van der Waals surface area contributed by atoms with Gasteiger partial charge in [-0.3, -0.25) is 4.68 Å². The highest BCUT2D eigenvalue weighted by Crippen LogP contribution is 2.30. The van der Waals surface area contributed by atoms with E-state index in [1.165, 1.54) is 25.7 Å². The SMILES string of the molecule is O=C(N[C@@H]1CCCC[C@@H]1n1cccn1)N1CCC([C@@H]2CCCO2)CC1. The zero-order valence-corrected chi connectivity index (χ0v) is 15.0. The molecule has 1 aromatic heterocycles. The number of piperidine rings is 1. The number of rotatable bonds is 3. The summed E-state index contributed by atoms with van der Waals surface area (Å²) in [7, 11) is 0. The Kier molecular flexibility index (Phi) is 5.25. The lowest BCUT2D eigenvalue weighted by atomic mass is 9.89. The second kappa shape index (κ2) is 7.77. The standard InChI is InChI=1S/C19H30N4O2/c24-19(22-12-8-15(9-13-22)18-7-3-14-25-18)21-16-5-1-2-6-17(16)23-11-4-10-20-23/h4,10-11,15-18H,1-3,5-9,12-14H2,(H,21,24)/t16-,17+,18+/m1/s1. The first-order valence-corrected chi connectivity index (χ1v) is 9.97. The smallest absolute Gasteiger partial charge is 0.317 e. The molecule has 3 atom stereocenters. The summed E-state index contributed by atoms with van der Waals surface area (Å²) in [6.45, 7) is 2.63. The number of hydrogen-bond donors (Lipinski definition) is 1. The molecule has 1 aliphatic carbocycles. The van der Waals surface area contributed by atoms with Crippen LogP contribution in [-0.2, 0) is 4.74 Å². The molecular formula is C19H30N4O2. The molecule has 4 rings (SSSR count). The number of nitrogens with zero attached hydrogens (tertiary/aromatic N) is 3. The van der Waals surface area contributed by atoms with Crippen LogP contribution >= 0.6 is 0 Å². The first-order chi connectivity index (χ1) is 12.3. The van der Waals surface area contributed by atoms with Gasteiger partial charge in [-0.1, -0.05) is 12.8 Å². The minimum absolute atomic E-state index is 0.106. The van der Waals surface area contributed by atoms with Crippen molar-refractivity contribution in [2.45, 2.75) is 69.6 Å². The maximum Gasteiger partial charge on any atom is 0.317 e. The van der Waals surface area contributed by atoms with E-state index in [-0.39, 0.29) is 18.1 Å². The number of amides is 2. The van der Waals surface area contributed by atoms with Gasteiger partial charge in [0.05, 0.1) is 18.2 Å².